The summed E-state index contributed by atoms with van der Waals surface area (Å²) in [5, 5.41) is 2.85. The van der Waals surface area contributed by atoms with Gasteiger partial charge in [-0.2, -0.15) is 0 Å². The molecule has 0 fully saturated rings. The summed E-state index contributed by atoms with van der Waals surface area (Å²) in [5.41, 5.74) is 2.08. The molecule has 3 heteroatoms. The van der Waals surface area contributed by atoms with E-state index in [4.69, 9.17) is 0 Å². The molecule has 0 bridgehead atoms. The van der Waals surface area contributed by atoms with Crippen LogP contribution >= 0.6 is 15.9 Å². The van der Waals surface area contributed by atoms with Crippen LogP contribution in [0.5, 0.6) is 0 Å². The van der Waals surface area contributed by atoms with Gasteiger partial charge in [0.2, 0.25) is 5.91 Å². The number of rotatable bonds is 4. The van der Waals surface area contributed by atoms with Crippen LogP contribution in [0.1, 0.15) is 11.1 Å². The molecular weight excluding hydrogens is 302 g/mol. The van der Waals surface area contributed by atoms with E-state index in [0.717, 1.165) is 15.6 Å². The molecule has 19 heavy (non-hydrogen) atoms. The van der Waals surface area contributed by atoms with Gasteiger partial charge in [-0.1, -0.05) is 58.4 Å². The van der Waals surface area contributed by atoms with Gasteiger partial charge >= 0.3 is 0 Å². The molecule has 0 spiro atoms. The molecule has 2 aromatic rings. The molecule has 0 atom stereocenters. The summed E-state index contributed by atoms with van der Waals surface area (Å²) in [6.07, 6.45) is 3.34. The van der Waals surface area contributed by atoms with Gasteiger partial charge in [-0.3, -0.25) is 4.79 Å². The lowest BCUT2D eigenvalue weighted by atomic mass is 10.2. The molecule has 0 radical (unpaired) electrons. The maximum Gasteiger partial charge on any atom is 0.244 e. The zero-order valence-corrected chi connectivity index (χ0v) is 11.9. The molecule has 0 unspecified atom stereocenters. The van der Waals surface area contributed by atoms with Crippen LogP contribution in [-0.4, -0.2) is 5.91 Å². The number of hydrogen-bond donors (Lipinski definition) is 1. The highest BCUT2D eigenvalue weighted by atomic mass is 79.9. The Morgan fingerprint density at radius 2 is 1.89 bits per heavy atom. The van der Waals surface area contributed by atoms with Crippen molar-refractivity contribution >= 4 is 27.9 Å². The Hall–Kier alpha value is -1.87. The summed E-state index contributed by atoms with van der Waals surface area (Å²) in [4.78, 5) is 11.7. The van der Waals surface area contributed by atoms with E-state index in [1.54, 1.807) is 12.2 Å². The summed E-state index contributed by atoms with van der Waals surface area (Å²) < 4.78 is 0.999. The van der Waals surface area contributed by atoms with Gasteiger partial charge in [-0.25, -0.2) is 0 Å². The molecule has 0 aliphatic rings. The second kappa shape index (κ2) is 6.90. The molecule has 0 heterocycles. The van der Waals surface area contributed by atoms with Crippen LogP contribution in [0.2, 0.25) is 0 Å². The van der Waals surface area contributed by atoms with E-state index < -0.39 is 0 Å². The van der Waals surface area contributed by atoms with Crippen molar-refractivity contribution in [2.45, 2.75) is 6.54 Å². The van der Waals surface area contributed by atoms with Crippen LogP contribution in [0.25, 0.3) is 6.08 Å². The molecule has 0 aliphatic carbocycles. The number of carbonyl (C=O) groups is 1. The van der Waals surface area contributed by atoms with Crippen molar-refractivity contribution in [3.05, 3.63) is 76.3 Å². The average Bonchev–Trinajstić information content (AvgIpc) is 2.44. The number of hydrogen-bond acceptors (Lipinski definition) is 1. The minimum absolute atomic E-state index is 0.0937. The lowest BCUT2D eigenvalue weighted by Gasteiger charge is -2.01. The fourth-order valence-electron chi connectivity index (χ4n) is 1.63. The lowest BCUT2D eigenvalue weighted by molar-refractivity contribution is -0.116. The highest BCUT2D eigenvalue weighted by Gasteiger charge is 1.96. The largest absolute Gasteiger partial charge is 0.348 e. The van der Waals surface area contributed by atoms with Crippen LogP contribution < -0.4 is 5.32 Å². The molecule has 2 rings (SSSR count). The molecular formula is C16H14BrNO. The number of nitrogens with one attached hydrogen (secondary N) is 1. The van der Waals surface area contributed by atoms with Crippen LogP contribution in [0.4, 0.5) is 0 Å². The highest BCUT2D eigenvalue weighted by Crippen LogP contribution is 2.12. The summed E-state index contributed by atoms with van der Waals surface area (Å²) >= 11 is 3.40. The Morgan fingerprint density at radius 3 is 2.63 bits per heavy atom. The van der Waals surface area contributed by atoms with Gasteiger partial charge in [0, 0.05) is 17.1 Å². The van der Waals surface area contributed by atoms with E-state index in [0.29, 0.717) is 6.54 Å². The van der Waals surface area contributed by atoms with Gasteiger partial charge in [-0.15, -0.1) is 0 Å². The maximum absolute atomic E-state index is 11.7. The molecule has 96 valence electrons. The van der Waals surface area contributed by atoms with Crippen molar-refractivity contribution < 1.29 is 4.79 Å². The monoisotopic (exact) mass is 315 g/mol. The zero-order valence-electron chi connectivity index (χ0n) is 10.3. The van der Waals surface area contributed by atoms with Gasteiger partial charge in [-0.05, 0) is 29.3 Å². The summed E-state index contributed by atoms with van der Waals surface area (Å²) in [7, 11) is 0. The summed E-state index contributed by atoms with van der Waals surface area (Å²) in [5.74, 6) is -0.0937. The van der Waals surface area contributed by atoms with E-state index >= 15 is 0 Å². The van der Waals surface area contributed by atoms with Crippen molar-refractivity contribution in [2.75, 3.05) is 0 Å². The van der Waals surface area contributed by atoms with E-state index in [9.17, 15) is 4.79 Å². The predicted molar refractivity (Wildman–Crippen MR) is 81.5 cm³/mol. The number of benzene rings is 2. The SMILES string of the molecule is O=C(/C=C/c1cccc(Br)c1)NCc1ccccc1. The first kappa shape index (κ1) is 13.6. The average molecular weight is 316 g/mol. The first-order valence-electron chi connectivity index (χ1n) is 5.99. The normalized spacial score (nSPS) is 10.6. The molecule has 1 amide bonds. The van der Waals surface area contributed by atoms with Crippen molar-refractivity contribution in [1.29, 1.82) is 0 Å². The van der Waals surface area contributed by atoms with Gasteiger partial charge in [0.15, 0.2) is 0 Å². The Balaban J connectivity index is 1.88. The standard InChI is InChI=1S/C16H14BrNO/c17-15-8-4-7-13(11-15)9-10-16(19)18-12-14-5-2-1-3-6-14/h1-11H,12H2,(H,18,19)/b10-9+. The highest BCUT2D eigenvalue weighted by molar-refractivity contribution is 9.10. The lowest BCUT2D eigenvalue weighted by Crippen LogP contribution is -2.20. The minimum Gasteiger partial charge on any atom is -0.348 e. The minimum atomic E-state index is -0.0937. The predicted octanol–water partition coefficient (Wildman–Crippen LogP) is 3.78. The quantitative estimate of drug-likeness (QED) is 0.855. The van der Waals surface area contributed by atoms with Crippen LogP contribution in [0.3, 0.4) is 0 Å². The van der Waals surface area contributed by atoms with Crippen molar-refractivity contribution in [3.63, 3.8) is 0 Å². The molecule has 0 aromatic heterocycles. The van der Waals surface area contributed by atoms with Crippen LogP contribution in [0, 0.1) is 0 Å². The van der Waals surface area contributed by atoms with Gasteiger partial charge in [0.1, 0.15) is 0 Å². The van der Waals surface area contributed by atoms with Crippen LogP contribution in [-0.2, 0) is 11.3 Å². The number of halogens is 1. The third-order valence-corrected chi connectivity index (χ3v) is 3.08. The molecule has 0 saturated heterocycles. The third kappa shape index (κ3) is 4.72. The van der Waals surface area contributed by atoms with E-state index in [1.807, 2.05) is 54.6 Å². The second-order valence-corrected chi connectivity index (χ2v) is 5.01. The van der Waals surface area contributed by atoms with E-state index in [1.165, 1.54) is 0 Å². The van der Waals surface area contributed by atoms with Crippen LogP contribution in [0.15, 0.2) is 65.1 Å². The molecule has 2 aromatic carbocycles. The van der Waals surface area contributed by atoms with Crippen molar-refractivity contribution in [3.8, 4) is 0 Å². The van der Waals surface area contributed by atoms with E-state index in [-0.39, 0.29) is 5.91 Å². The van der Waals surface area contributed by atoms with Gasteiger partial charge < -0.3 is 5.32 Å². The van der Waals surface area contributed by atoms with Gasteiger partial charge in [0.05, 0.1) is 0 Å². The third-order valence-electron chi connectivity index (χ3n) is 2.59. The molecule has 0 aliphatic heterocycles. The topological polar surface area (TPSA) is 29.1 Å². The first-order chi connectivity index (χ1) is 9.24. The Labute approximate surface area is 121 Å². The van der Waals surface area contributed by atoms with E-state index in [2.05, 4.69) is 21.2 Å². The molecule has 1 N–H and O–H groups in total. The fourth-order valence-corrected chi connectivity index (χ4v) is 2.04. The maximum atomic E-state index is 11.7. The van der Waals surface area contributed by atoms with Crippen molar-refractivity contribution in [2.24, 2.45) is 0 Å². The van der Waals surface area contributed by atoms with Crippen molar-refractivity contribution in [1.82, 2.24) is 5.32 Å². The Morgan fingerprint density at radius 1 is 1.11 bits per heavy atom. The number of carbonyl (C=O) groups excluding carboxylic acids is 1. The Bertz CT molecular complexity index is 578. The van der Waals surface area contributed by atoms with Gasteiger partial charge in [0.25, 0.3) is 0 Å². The molecule has 0 saturated carbocycles. The zero-order chi connectivity index (χ0) is 13.5. The summed E-state index contributed by atoms with van der Waals surface area (Å²) in [6.45, 7) is 0.544. The Kier molecular flexibility index (Phi) is 4.93. The second-order valence-electron chi connectivity index (χ2n) is 4.09. The summed E-state index contributed by atoms with van der Waals surface area (Å²) in [6, 6.07) is 17.6. The first-order valence-corrected chi connectivity index (χ1v) is 6.79. The fraction of sp³-hybridized carbons (Fsp3) is 0.0625. The number of amides is 1. The smallest absolute Gasteiger partial charge is 0.244 e. The molecule has 2 nitrogen and oxygen atoms in total.